The van der Waals surface area contributed by atoms with Gasteiger partial charge in [-0.05, 0) is 87.6 Å². The summed E-state index contributed by atoms with van der Waals surface area (Å²) in [6.45, 7) is 0. The Bertz CT molecular complexity index is 3540. The van der Waals surface area contributed by atoms with E-state index in [1.807, 2.05) is 11.3 Å². The van der Waals surface area contributed by atoms with Crippen molar-refractivity contribution < 1.29 is 0 Å². The molecule has 61 heavy (non-hydrogen) atoms. The first-order valence-corrected chi connectivity index (χ1v) is 21.7. The molecular formula is C58H38N2S. The summed E-state index contributed by atoms with van der Waals surface area (Å²) >= 11 is 1.88. The van der Waals surface area contributed by atoms with Gasteiger partial charge in [0.15, 0.2) is 0 Å². The molecule has 2 nitrogen and oxygen atoms in total. The van der Waals surface area contributed by atoms with Crippen LogP contribution in [0.1, 0.15) is 0 Å². The zero-order chi connectivity index (χ0) is 40.3. The van der Waals surface area contributed by atoms with Crippen molar-refractivity contribution in [3.8, 4) is 39.1 Å². The van der Waals surface area contributed by atoms with Crippen LogP contribution >= 0.6 is 11.3 Å². The van der Waals surface area contributed by atoms with Crippen LogP contribution in [0, 0.1) is 0 Å². The summed E-state index contributed by atoms with van der Waals surface area (Å²) in [4.78, 5) is 2.47. The van der Waals surface area contributed by atoms with Crippen molar-refractivity contribution in [2.24, 2.45) is 0 Å². The first-order chi connectivity index (χ1) is 30.3. The normalized spacial score (nSPS) is 11.6. The van der Waals surface area contributed by atoms with Crippen molar-refractivity contribution in [1.29, 1.82) is 0 Å². The van der Waals surface area contributed by atoms with Crippen LogP contribution in [0.5, 0.6) is 0 Å². The second-order valence-electron chi connectivity index (χ2n) is 15.7. The third-order valence-corrected chi connectivity index (χ3v) is 13.4. The Balaban J connectivity index is 1.03. The number of aromatic nitrogens is 1. The molecule has 10 aromatic carbocycles. The van der Waals surface area contributed by atoms with E-state index >= 15 is 0 Å². The lowest BCUT2D eigenvalue weighted by Crippen LogP contribution is -2.14. The van der Waals surface area contributed by atoms with Crippen molar-refractivity contribution >= 4 is 81.1 Å². The van der Waals surface area contributed by atoms with Gasteiger partial charge in [-0.1, -0.05) is 176 Å². The second-order valence-corrected chi connectivity index (χ2v) is 16.7. The standard InChI is InChI=1S/C58H38N2S/c1-2-15-43-38-44(33-32-39(43)14-1)42-30-28-40(29-31-42)41-34-36-45(37-35-41)59(52-22-7-5-18-48(52)50-20-13-21-51-49-19-6-12-27-57(49)61-58(50)51)55-25-10-11-26-56(55)60-53-23-8-3-16-46(53)47-17-4-9-24-54(47)60/h1-38H. The van der Waals surface area contributed by atoms with Crippen molar-refractivity contribution in [1.82, 2.24) is 4.57 Å². The monoisotopic (exact) mass is 794 g/mol. The Labute approximate surface area is 358 Å². The van der Waals surface area contributed by atoms with Crippen LogP contribution in [0.25, 0.3) is 91.8 Å². The summed E-state index contributed by atoms with van der Waals surface area (Å²) in [6.07, 6.45) is 0. The Morgan fingerprint density at radius 1 is 0.344 bits per heavy atom. The van der Waals surface area contributed by atoms with E-state index in [0.717, 1.165) is 22.7 Å². The molecule has 0 radical (unpaired) electrons. The maximum atomic E-state index is 2.47. The maximum Gasteiger partial charge on any atom is 0.0702 e. The number of rotatable bonds is 7. The minimum atomic E-state index is 1.08. The number of benzene rings is 10. The maximum absolute atomic E-state index is 2.47. The van der Waals surface area contributed by atoms with Gasteiger partial charge in [0.1, 0.15) is 0 Å². The first kappa shape index (κ1) is 35.2. The van der Waals surface area contributed by atoms with E-state index in [0.29, 0.717) is 0 Å². The van der Waals surface area contributed by atoms with E-state index in [-0.39, 0.29) is 0 Å². The van der Waals surface area contributed by atoms with E-state index in [4.69, 9.17) is 0 Å². The predicted octanol–water partition coefficient (Wildman–Crippen LogP) is 16.8. The van der Waals surface area contributed by atoms with Crippen molar-refractivity contribution in [3.05, 3.63) is 231 Å². The molecule has 0 bridgehead atoms. The topological polar surface area (TPSA) is 8.17 Å². The molecule has 0 aliphatic heterocycles. The highest BCUT2D eigenvalue weighted by Crippen LogP contribution is 2.48. The molecule has 3 heteroatoms. The number of para-hydroxylation sites is 5. The van der Waals surface area contributed by atoms with Gasteiger partial charge in [0.2, 0.25) is 0 Å². The van der Waals surface area contributed by atoms with Crippen LogP contribution < -0.4 is 4.90 Å². The van der Waals surface area contributed by atoms with Crippen molar-refractivity contribution in [2.45, 2.75) is 0 Å². The quantitative estimate of drug-likeness (QED) is 0.156. The SMILES string of the molecule is c1ccc(N(c2ccc(-c3ccc(-c4ccc5ccccc5c4)cc3)cc2)c2ccccc2-n2c3ccccc3c3ccccc32)c(-c2cccc3c2sc2ccccc23)c1. The molecule has 0 saturated carbocycles. The summed E-state index contributed by atoms with van der Waals surface area (Å²) in [5.41, 5.74) is 14.0. The van der Waals surface area contributed by atoms with E-state index in [9.17, 15) is 0 Å². The average molecular weight is 795 g/mol. The largest absolute Gasteiger partial charge is 0.308 e. The van der Waals surface area contributed by atoms with Crippen LogP contribution in [0.3, 0.4) is 0 Å². The summed E-state index contributed by atoms with van der Waals surface area (Å²) in [5, 5.41) is 7.59. The molecule has 12 rings (SSSR count). The van der Waals surface area contributed by atoms with Gasteiger partial charge in [-0.15, -0.1) is 11.3 Å². The number of fused-ring (bicyclic) bond motifs is 7. The van der Waals surface area contributed by atoms with Gasteiger partial charge < -0.3 is 9.47 Å². The van der Waals surface area contributed by atoms with Gasteiger partial charge in [-0.3, -0.25) is 0 Å². The smallest absolute Gasteiger partial charge is 0.0702 e. The molecule has 2 aromatic heterocycles. The lowest BCUT2D eigenvalue weighted by Gasteiger charge is -2.30. The number of anilines is 3. The van der Waals surface area contributed by atoms with E-state index in [2.05, 4.69) is 240 Å². The van der Waals surface area contributed by atoms with E-state index < -0.39 is 0 Å². The number of thiophene rings is 1. The third kappa shape index (κ3) is 5.93. The number of hydrogen-bond acceptors (Lipinski definition) is 2. The fraction of sp³-hybridized carbons (Fsp3) is 0. The Kier molecular flexibility index (Phi) is 8.39. The van der Waals surface area contributed by atoms with Gasteiger partial charge in [0.05, 0.1) is 28.1 Å². The summed E-state index contributed by atoms with van der Waals surface area (Å²) in [7, 11) is 0. The molecule has 0 N–H and O–H groups in total. The fourth-order valence-electron chi connectivity index (χ4n) is 9.31. The van der Waals surface area contributed by atoms with Crippen molar-refractivity contribution in [3.63, 3.8) is 0 Å². The molecule has 0 amide bonds. The zero-order valence-electron chi connectivity index (χ0n) is 33.2. The third-order valence-electron chi connectivity index (χ3n) is 12.2. The Morgan fingerprint density at radius 2 is 0.869 bits per heavy atom. The van der Waals surface area contributed by atoms with Crippen LogP contribution in [0.15, 0.2) is 231 Å². The molecule has 0 saturated heterocycles. The minimum absolute atomic E-state index is 1.08. The van der Waals surface area contributed by atoms with Crippen molar-refractivity contribution in [2.75, 3.05) is 4.90 Å². The molecule has 2 heterocycles. The molecule has 0 atom stereocenters. The Hall–Kier alpha value is -7.72. The highest BCUT2D eigenvalue weighted by atomic mass is 32.1. The predicted molar refractivity (Wildman–Crippen MR) is 262 cm³/mol. The van der Waals surface area contributed by atoms with Gasteiger partial charge in [0, 0.05) is 47.8 Å². The molecule has 0 fully saturated rings. The highest BCUT2D eigenvalue weighted by molar-refractivity contribution is 7.26. The molecular weight excluding hydrogens is 757 g/mol. The molecule has 0 spiro atoms. The minimum Gasteiger partial charge on any atom is -0.308 e. The molecule has 286 valence electrons. The Morgan fingerprint density at radius 3 is 1.62 bits per heavy atom. The summed E-state index contributed by atoms with van der Waals surface area (Å²) in [6, 6.07) is 84.2. The molecule has 0 unspecified atom stereocenters. The van der Waals surface area contributed by atoms with E-state index in [1.54, 1.807) is 0 Å². The molecule has 0 aliphatic carbocycles. The highest BCUT2D eigenvalue weighted by Gasteiger charge is 2.23. The van der Waals surface area contributed by atoms with Gasteiger partial charge in [-0.2, -0.15) is 0 Å². The fourth-order valence-corrected chi connectivity index (χ4v) is 10.5. The lowest BCUT2D eigenvalue weighted by atomic mass is 9.97. The average Bonchev–Trinajstić information content (AvgIpc) is 3.88. The zero-order valence-corrected chi connectivity index (χ0v) is 34.1. The number of nitrogens with zero attached hydrogens (tertiary/aromatic N) is 2. The van der Waals surface area contributed by atoms with Gasteiger partial charge in [0.25, 0.3) is 0 Å². The second kappa shape index (κ2) is 14.5. The summed E-state index contributed by atoms with van der Waals surface area (Å²) in [5.74, 6) is 0. The van der Waals surface area contributed by atoms with E-state index in [1.165, 1.54) is 86.1 Å². The van der Waals surface area contributed by atoms with Crippen LogP contribution in [0.2, 0.25) is 0 Å². The van der Waals surface area contributed by atoms with Crippen LogP contribution in [-0.4, -0.2) is 4.57 Å². The summed E-state index contributed by atoms with van der Waals surface area (Å²) < 4.78 is 5.04. The molecule has 0 aliphatic rings. The van der Waals surface area contributed by atoms with Crippen LogP contribution in [0.4, 0.5) is 17.1 Å². The first-order valence-electron chi connectivity index (χ1n) is 20.8. The van der Waals surface area contributed by atoms with Crippen LogP contribution in [-0.2, 0) is 0 Å². The molecule has 12 aromatic rings. The van der Waals surface area contributed by atoms with Gasteiger partial charge >= 0.3 is 0 Å². The van der Waals surface area contributed by atoms with Gasteiger partial charge in [-0.25, -0.2) is 0 Å². The number of hydrogen-bond donors (Lipinski definition) is 0. The lowest BCUT2D eigenvalue weighted by molar-refractivity contribution is 1.15.